The van der Waals surface area contributed by atoms with Crippen LogP contribution in [0.1, 0.15) is 19.8 Å². The van der Waals surface area contributed by atoms with E-state index in [2.05, 4.69) is 0 Å². The molecule has 60 valence electrons. The Labute approximate surface area is 61.0 Å². The third kappa shape index (κ3) is 0.953. The van der Waals surface area contributed by atoms with Gasteiger partial charge in [-0.05, 0) is 12.8 Å². The van der Waals surface area contributed by atoms with Crippen molar-refractivity contribution in [1.29, 1.82) is 0 Å². The molecule has 0 unspecified atom stereocenters. The zero-order valence-corrected chi connectivity index (χ0v) is 6.82. The van der Waals surface area contributed by atoms with E-state index in [0.29, 0.717) is 12.8 Å². The highest BCUT2D eigenvalue weighted by molar-refractivity contribution is 7.93. The number of rotatable bonds is 3. The monoisotopic (exact) mass is 164 g/mol. The number of hydrogen-bond donors (Lipinski definition) is 1. The van der Waals surface area contributed by atoms with Gasteiger partial charge < -0.3 is 5.11 Å². The first-order valence-electron chi connectivity index (χ1n) is 3.41. The van der Waals surface area contributed by atoms with Crippen LogP contribution in [0.2, 0.25) is 0 Å². The van der Waals surface area contributed by atoms with Crippen molar-refractivity contribution in [1.82, 2.24) is 0 Å². The molecule has 0 amide bonds. The summed E-state index contributed by atoms with van der Waals surface area (Å²) in [6.07, 6.45) is 1.28. The highest BCUT2D eigenvalue weighted by atomic mass is 32.2. The van der Waals surface area contributed by atoms with Crippen molar-refractivity contribution in [3.63, 3.8) is 0 Å². The molecule has 0 aromatic rings. The molecule has 1 fully saturated rings. The maximum Gasteiger partial charge on any atom is 0.157 e. The molecule has 0 saturated heterocycles. The van der Waals surface area contributed by atoms with Gasteiger partial charge in [0.1, 0.15) is 0 Å². The van der Waals surface area contributed by atoms with Crippen LogP contribution in [0.5, 0.6) is 0 Å². The van der Waals surface area contributed by atoms with E-state index in [-0.39, 0.29) is 12.4 Å². The van der Waals surface area contributed by atoms with Crippen molar-refractivity contribution < 1.29 is 13.5 Å². The molecular formula is C6H12O3S. The van der Waals surface area contributed by atoms with E-state index < -0.39 is 14.6 Å². The van der Waals surface area contributed by atoms with Crippen molar-refractivity contribution in [3.05, 3.63) is 0 Å². The van der Waals surface area contributed by atoms with Crippen molar-refractivity contribution >= 4 is 9.84 Å². The molecule has 0 aromatic carbocycles. The smallest absolute Gasteiger partial charge is 0.157 e. The maximum absolute atomic E-state index is 11.2. The highest BCUT2D eigenvalue weighted by Crippen LogP contribution is 2.43. The highest BCUT2D eigenvalue weighted by Gasteiger charge is 2.52. The quantitative estimate of drug-likeness (QED) is 0.636. The summed E-state index contributed by atoms with van der Waals surface area (Å²) in [5.74, 6) is 0.146. The molecule has 1 aliphatic carbocycles. The van der Waals surface area contributed by atoms with Gasteiger partial charge in [-0.25, -0.2) is 8.42 Å². The van der Waals surface area contributed by atoms with Crippen molar-refractivity contribution in [2.24, 2.45) is 0 Å². The van der Waals surface area contributed by atoms with Crippen molar-refractivity contribution in [2.75, 3.05) is 12.4 Å². The molecular weight excluding hydrogens is 152 g/mol. The van der Waals surface area contributed by atoms with E-state index in [1.165, 1.54) is 0 Å². The lowest BCUT2D eigenvalue weighted by molar-refractivity contribution is 0.283. The largest absolute Gasteiger partial charge is 0.395 e. The first-order valence-corrected chi connectivity index (χ1v) is 5.06. The summed E-state index contributed by atoms with van der Waals surface area (Å²) < 4.78 is 21.6. The topological polar surface area (TPSA) is 54.4 Å². The summed E-state index contributed by atoms with van der Waals surface area (Å²) in [4.78, 5) is 0. The molecule has 0 spiro atoms. The first kappa shape index (κ1) is 8.01. The molecule has 0 heterocycles. The predicted molar refractivity (Wildman–Crippen MR) is 38.5 cm³/mol. The van der Waals surface area contributed by atoms with Crippen molar-refractivity contribution in [3.8, 4) is 0 Å². The summed E-state index contributed by atoms with van der Waals surface area (Å²) in [6.45, 7) is 1.41. The lowest BCUT2D eigenvalue weighted by Gasteiger charge is -2.09. The molecule has 0 aliphatic heterocycles. The third-order valence-electron chi connectivity index (χ3n) is 2.14. The van der Waals surface area contributed by atoms with Crippen LogP contribution >= 0.6 is 0 Å². The summed E-state index contributed by atoms with van der Waals surface area (Å²) in [7, 11) is -2.99. The Morgan fingerprint density at radius 2 is 2.00 bits per heavy atom. The number of aliphatic hydroxyl groups excluding tert-OH is 1. The van der Waals surface area contributed by atoms with Crippen LogP contribution < -0.4 is 0 Å². The molecule has 1 aliphatic rings. The second-order valence-corrected chi connectivity index (χ2v) is 5.42. The molecule has 0 atom stereocenters. The van der Waals surface area contributed by atoms with Gasteiger partial charge in [0.05, 0.1) is 11.4 Å². The van der Waals surface area contributed by atoms with Gasteiger partial charge in [0.15, 0.2) is 9.84 Å². The fourth-order valence-corrected chi connectivity index (χ4v) is 2.55. The predicted octanol–water partition coefficient (Wildman–Crippen LogP) is -0.0540. The van der Waals surface area contributed by atoms with Gasteiger partial charge in [-0.1, -0.05) is 6.92 Å². The molecule has 1 saturated carbocycles. The maximum atomic E-state index is 11.2. The Balaban J connectivity index is 2.83. The molecule has 0 radical (unpaired) electrons. The van der Waals surface area contributed by atoms with Gasteiger partial charge in [0.25, 0.3) is 0 Å². The van der Waals surface area contributed by atoms with Crippen LogP contribution in [0.4, 0.5) is 0 Å². The number of hydrogen-bond acceptors (Lipinski definition) is 3. The third-order valence-corrected chi connectivity index (χ3v) is 4.75. The minimum atomic E-state index is -2.99. The van der Waals surface area contributed by atoms with Gasteiger partial charge in [-0.3, -0.25) is 0 Å². The average Bonchev–Trinajstić information content (AvgIpc) is 2.67. The van der Waals surface area contributed by atoms with Gasteiger partial charge in [-0.15, -0.1) is 0 Å². The fraction of sp³-hybridized carbons (Fsp3) is 1.00. The Kier molecular flexibility index (Phi) is 1.76. The average molecular weight is 164 g/mol. The Hall–Kier alpha value is -0.0900. The van der Waals surface area contributed by atoms with E-state index in [1.54, 1.807) is 6.92 Å². The lowest BCUT2D eigenvalue weighted by atomic mass is 10.5. The van der Waals surface area contributed by atoms with Crippen LogP contribution in [0.25, 0.3) is 0 Å². The molecule has 0 aromatic heterocycles. The first-order chi connectivity index (χ1) is 4.58. The summed E-state index contributed by atoms with van der Waals surface area (Å²) in [6, 6.07) is 0. The standard InChI is InChI=1S/C6H12O3S/c1-2-10(8,9)6(5-7)3-4-6/h7H,2-5H2,1H3. The van der Waals surface area contributed by atoms with Crippen LogP contribution in [-0.2, 0) is 9.84 Å². The molecule has 3 nitrogen and oxygen atoms in total. The fourth-order valence-electron chi connectivity index (χ4n) is 1.01. The lowest BCUT2D eigenvalue weighted by Crippen LogP contribution is -2.28. The molecule has 10 heavy (non-hydrogen) atoms. The minimum Gasteiger partial charge on any atom is -0.395 e. The molecule has 4 heteroatoms. The van der Waals surface area contributed by atoms with E-state index >= 15 is 0 Å². The molecule has 0 bridgehead atoms. The second-order valence-electron chi connectivity index (χ2n) is 2.74. The summed E-state index contributed by atoms with van der Waals surface area (Å²) >= 11 is 0. The van der Waals surface area contributed by atoms with Crippen LogP contribution in [-0.4, -0.2) is 30.6 Å². The van der Waals surface area contributed by atoms with Gasteiger partial charge in [-0.2, -0.15) is 0 Å². The summed E-state index contributed by atoms with van der Waals surface area (Å²) in [5.41, 5.74) is 0. The van der Waals surface area contributed by atoms with Gasteiger partial charge in [0, 0.05) is 5.75 Å². The van der Waals surface area contributed by atoms with Crippen LogP contribution in [0.15, 0.2) is 0 Å². The Bertz CT molecular complexity index is 213. The molecule has 1 rings (SSSR count). The minimum absolute atomic E-state index is 0.146. The van der Waals surface area contributed by atoms with E-state index in [1.807, 2.05) is 0 Å². The van der Waals surface area contributed by atoms with E-state index in [4.69, 9.17) is 5.11 Å². The SMILES string of the molecule is CCS(=O)(=O)C1(CO)CC1. The Morgan fingerprint density at radius 1 is 1.50 bits per heavy atom. The number of sulfone groups is 1. The van der Waals surface area contributed by atoms with E-state index in [9.17, 15) is 8.42 Å². The van der Waals surface area contributed by atoms with Gasteiger partial charge in [0.2, 0.25) is 0 Å². The van der Waals surface area contributed by atoms with Crippen LogP contribution in [0, 0.1) is 0 Å². The van der Waals surface area contributed by atoms with Crippen LogP contribution in [0.3, 0.4) is 0 Å². The number of aliphatic hydroxyl groups is 1. The normalized spacial score (nSPS) is 22.6. The second kappa shape index (κ2) is 2.20. The zero-order chi connectivity index (χ0) is 7.83. The molecule has 1 N–H and O–H groups in total. The van der Waals surface area contributed by atoms with E-state index in [0.717, 1.165) is 0 Å². The van der Waals surface area contributed by atoms with Crippen molar-refractivity contribution in [2.45, 2.75) is 24.5 Å². The Morgan fingerprint density at radius 3 is 2.10 bits per heavy atom. The summed E-state index contributed by atoms with van der Waals surface area (Å²) in [5, 5.41) is 8.74. The van der Waals surface area contributed by atoms with Gasteiger partial charge >= 0.3 is 0 Å². The zero-order valence-electron chi connectivity index (χ0n) is 6.00.